The summed E-state index contributed by atoms with van der Waals surface area (Å²) < 4.78 is 0. The minimum Gasteiger partial charge on any atom is -0.333 e. The van der Waals surface area contributed by atoms with Crippen molar-refractivity contribution in [2.45, 2.75) is 13.0 Å². The highest BCUT2D eigenvalue weighted by Gasteiger charge is 2.25. The molecule has 0 spiro atoms. The third-order valence-corrected chi connectivity index (χ3v) is 5.11. The van der Waals surface area contributed by atoms with Crippen molar-refractivity contribution in [2.75, 3.05) is 6.54 Å². The average molecular weight is 308 g/mol. The van der Waals surface area contributed by atoms with E-state index in [1.807, 2.05) is 16.8 Å². The molecule has 2 aromatic rings. The van der Waals surface area contributed by atoms with Crippen LogP contribution >= 0.6 is 22.7 Å². The van der Waals surface area contributed by atoms with Crippen molar-refractivity contribution >= 4 is 34.5 Å². The highest BCUT2D eigenvalue weighted by Crippen LogP contribution is 2.29. The van der Waals surface area contributed by atoms with Gasteiger partial charge in [0.15, 0.2) is 0 Å². The predicted octanol–water partition coefficient (Wildman–Crippen LogP) is 2.13. The Balaban J connectivity index is 1.80. The maximum Gasteiger partial charge on any atom is 0.284 e. The summed E-state index contributed by atoms with van der Waals surface area (Å²) in [6, 6.07) is 3.61. The fourth-order valence-corrected chi connectivity index (χ4v) is 3.98. The van der Waals surface area contributed by atoms with Crippen molar-refractivity contribution in [3.8, 4) is 0 Å². The van der Waals surface area contributed by atoms with E-state index in [4.69, 9.17) is 5.21 Å². The number of fused-ring (bicyclic) bond motifs is 1. The number of thiophene rings is 2. The van der Waals surface area contributed by atoms with Gasteiger partial charge in [-0.15, -0.1) is 11.3 Å². The Morgan fingerprint density at radius 2 is 2.25 bits per heavy atom. The summed E-state index contributed by atoms with van der Waals surface area (Å²) in [5, 5.41) is 12.4. The molecular formula is C13H12N2O3S2. The van der Waals surface area contributed by atoms with Crippen molar-refractivity contribution in [3.05, 3.63) is 43.8 Å². The van der Waals surface area contributed by atoms with Crippen molar-refractivity contribution in [3.63, 3.8) is 0 Å². The molecule has 0 fully saturated rings. The normalized spacial score (nSPS) is 13.9. The number of nitrogens with one attached hydrogen (secondary N) is 1. The van der Waals surface area contributed by atoms with E-state index in [-0.39, 0.29) is 5.91 Å². The first kappa shape index (κ1) is 13.3. The molecule has 0 saturated carbocycles. The molecule has 1 aliphatic heterocycles. The molecule has 5 nitrogen and oxygen atoms in total. The van der Waals surface area contributed by atoms with E-state index in [1.165, 1.54) is 22.7 Å². The molecular weight excluding hydrogens is 296 g/mol. The van der Waals surface area contributed by atoms with Gasteiger partial charge in [0.25, 0.3) is 11.8 Å². The zero-order valence-electron chi connectivity index (χ0n) is 10.5. The molecule has 0 bridgehead atoms. The maximum absolute atomic E-state index is 12.3. The molecule has 2 aromatic heterocycles. The number of carbonyl (C=O) groups excluding carboxylic acids is 2. The number of nitrogens with zero attached hydrogens (tertiary/aromatic N) is 1. The first-order valence-electron chi connectivity index (χ1n) is 6.06. The average Bonchev–Trinajstić information content (AvgIpc) is 3.13. The lowest BCUT2D eigenvalue weighted by atomic mass is 10.1. The number of amides is 2. The standard InChI is InChI=1S/C13H12N2O3S2/c16-12(14-18)10-5-8-1-3-15(6-11(8)20-10)13(17)9-2-4-19-7-9/h2,4-5,7,18H,1,3,6H2,(H,14,16). The lowest BCUT2D eigenvalue weighted by Crippen LogP contribution is -2.35. The molecule has 3 rings (SSSR count). The lowest BCUT2D eigenvalue weighted by molar-refractivity contribution is 0.0709. The minimum atomic E-state index is -0.500. The molecule has 7 heteroatoms. The topological polar surface area (TPSA) is 69.6 Å². The van der Waals surface area contributed by atoms with E-state index in [1.54, 1.807) is 16.4 Å². The van der Waals surface area contributed by atoms with Crippen LogP contribution in [0.5, 0.6) is 0 Å². The van der Waals surface area contributed by atoms with Gasteiger partial charge in [0.2, 0.25) is 0 Å². The molecule has 104 valence electrons. The summed E-state index contributed by atoms with van der Waals surface area (Å²) in [6.07, 6.45) is 0.737. The number of hydrogen-bond acceptors (Lipinski definition) is 5. The Labute approximate surface area is 123 Å². The third-order valence-electron chi connectivity index (χ3n) is 3.26. The second-order valence-corrected chi connectivity index (χ2v) is 6.41. The summed E-state index contributed by atoms with van der Waals surface area (Å²) in [4.78, 5) is 27.0. The molecule has 0 radical (unpaired) electrons. The Morgan fingerprint density at radius 3 is 2.95 bits per heavy atom. The Morgan fingerprint density at radius 1 is 1.40 bits per heavy atom. The van der Waals surface area contributed by atoms with Crippen LogP contribution in [-0.4, -0.2) is 28.5 Å². The van der Waals surface area contributed by atoms with E-state index in [0.717, 1.165) is 16.9 Å². The van der Waals surface area contributed by atoms with Gasteiger partial charge in [0.1, 0.15) is 0 Å². The van der Waals surface area contributed by atoms with Crippen molar-refractivity contribution in [2.24, 2.45) is 0 Å². The fraction of sp³-hybridized carbons (Fsp3) is 0.231. The van der Waals surface area contributed by atoms with Gasteiger partial charge in [0.05, 0.1) is 17.0 Å². The van der Waals surface area contributed by atoms with Gasteiger partial charge in [0, 0.05) is 16.8 Å². The summed E-state index contributed by atoms with van der Waals surface area (Å²) in [5.41, 5.74) is 3.44. The molecule has 0 aliphatic carbocycles. The number of carbonyl (C=O) groups is 2. The van der Waals surface area contributed by atoms with E-state index < -0.39 is 5.91 Å². The molecule has 2 amide bonds. The SMILES string of the molecule is O=C(NO)c1cc2c(s1)CN(C(=O)c1ccsc1)CC2. The smallest absolute Gasteiger partial charge is 0.284 e. The minimum absolute atomic E-state index is 0.0264. The fourth-order valence-electron chi connectivity index (χ4n) is 2.23. The van der Waals surface area contributed by atoms with Crippen molar-refractivity contribution in [1.82, 2.24) is 10.4 Å². The Bertz CT molecular complexity index is 649. The highest BCUT2D eigenvalue weighted by molar-refractivity contribution is 7.14. The monoisotopic (exact) mass is 308 g/mol. The largest absolute Gasteiger partial charge is 0.333 e. The first-order chi connectivity index (χ1) is 9.69. The van der Waals surface area contributed by atoms with Crippen LogP contribution in [-0.2, 0) is 13.0 Å². The summed E-state index contributed by atoms with van der Waals surface area (Å²) in [6.45, 7) is 1.17. The van der Waals surface area contributed by atoms with Gasteiger partial charge in [-0.2, -0.15) is 11.3 Å². The van der Waals surface area contributed by atoms with Crippen molar-refractivity contribution in [1.29, 1.82) is 0 Å². The van der Waals surface area contributed by atoms with Gasteiger partial charge >= 0.3 is 0 Å². The molecule has 0 atom stereocenters. The van der Waals surface area contributed by atoms with Crippen LogP contribution in [0.3, 0.4) is 0 Å². The molecule has 0 aromatic carbocycles. The summed E-state index contributed by atoms with van der Waals surface area (Å²) in [7, 11) is 0. The molecule has 3 heterocycles. The van der Waals surface area contributed by atoms with Gasteiger partial charge < -0.3 is 4.90 Å². The van der Waals surface area contributed by atoms with Gasteiger partial charge in [-0.3, -0.25) is 14.8 Å². The molecule has 2 N–H and O–H groups in total. The van der Waals surface area contributed by atoms with Crippen LogP contribution in [0, 0.1) is 0 Å². The maximum atomic E-state index is 12.3. The first-order valence-corrected chi connectivity index (χ1v) is 7.82. The summed E-state index contributed by atoms with van der Waals surface area (Å²) in [5.74, 6) is -0.474. The second-order valence-electron chi connectivity index (χ2n) is 4.49. The van der Waals surface area contributed by atoms with E-state index in [2.05, 4.69) is 0 Å². The van der Waals surface area contributed by atoms with E-state index >= 15 is 0 Å². The number of hydroxylamine groups is 1. The second kappa shape index (κ2) is 5.35. The van der Waals surface area contributed by atoms with Gasteiger partial charge in [-0.25, -0.2) is 5.48 Å². The quantitative estimate of drug-likeness (QED) is 0.659. The van der Waals surface area contributed by atoms with Crippen LogP contribution in [0.4, 0.5) is 0 Å². The summed E-state index contributed by atoms with van der Waals surface area (Å²) >= 11 is 2.83. The molecule has 20 heavy (non-hydrogen) atoms. The van der Waals surface area contributed by atoms with Crippen LogP contribution in [0.15, 0.2) is 22.9 Å². The van der Waals surface area contributed by atoms with Crippen LogP contribution in [0.2, 0.25) is 0 Å². The lowest BCUT2D eigenvalue weighted by Gasteiger charge is -2.26. The zero-order valence-corrected chi connectivity index (χ0v) is 12.1. The van der Waals surface area contributed by atoms with Crippen LogP contribution in [0.25, 0.3) is 0 Å². The highest BCUT2D eigenvalue weighted by atomic mass is 32.1. The van der Waals surface area contributed by atoms with Crippen molar-refractivity contribution < 1.29 is 14.8 Å². The van der Waals surface area contributed by atoms with Gasteiger partial charge in [-0.1, -0.05) is 0 Å². The molecule has 0 unspecified atom stereocenters. The van der Waals surface area contributed by atoms with E-state index in [0.29, 0.717) is 23.5 Å². The van der Waals surface area contributed by atoms with E-state index in [9.17, 15) is 9.59 Å². The molecule has 1 aliphatic rings. The number of hydrogen-bond donors (Lipinski definition) is 2. The number of rotatable bonds is 2. The van der Waals surface area contributed by atoms with Crippen LogP contribution < -0.4 is 5.48 Å². The molecule has 0 saturated heterocycles. The Hall–Kier alpha value is -1.70. The zero-order chi connectivity index (χ0) is 14.1. The Kier molecular flexibility index (Phi) is 3.56. The van der Waals surface area contributed by atoms with Crippen LogP contribution in [0.1, 0.15) is 30.5 Å². The third kappa shape index (κ3) is 2.35. The van der Waals surface area contributed by atoms with Gasteiger partial charge in [-0.05, 0) is 29.5 Å². The predicted molar refractivity (Wildman–Crippen MR) is 76.3 cm³/mol.